The van der Waals surface area contributed by atoms with Gasteiger partial charge in [-0.3, -0.25) is 9.79 Å². The normalized spacial score (nSPS) is 11.3. The van der Waals surface area contributed by atoms with Crippen LogP contribution in [0.1, 0.15) is 22.8 Å². The molecule has 150 valence electrons. The second-order valence-electron chi connectivity index (χ2n) is 6.54. The standard InChI is InChI=1S/C23H26N4O2/c1-24-23(27-17-22(28)25-15-20-13-8-14-29-20)26-16-21(18-9-4-2-5-10-18)19-11-6-3-7-12-19/h2-14,21H,15-17H2,1H3,(H,25,28)(H2,24,26,27). The van der Waals surface area contributed by atoms with Gasteiger partial charge in [-0.1, -0.05) is 60.7 Å². The van der Waals surface area contributed by atoms with Gasteiger partial charge in [-0.2, -0.15) is 0 Å². The second kappa shape index (κ2) is 10.7. The van der Waals surface area contributed by atoms with Gasteiger partial charge in [0.1, 0.15) is 5.76 Å². The summed E-state index contributed by atoms with van der Waals surface area (Å²) in [7, 11) is 1.69. The molecule has 3 aromatic rings. The van der Waals surface area contributed by atoms with Crippen molar-refractivity contribution in [3.05, 3.63) is 95.9 Å². The van der Waals surface area contributed by atoms with Crippen molar-refractivity contribution in [1.29, 1.82) is 0 Å². The van der Waals surface area contributed by atoms with Crippen LogP contribution < -0.4 is 16.0 Å². The number of rotatable bonds is 8. The van der Waals surface area contributed by atoms with Crippen molar-refractivity contribution in [2.24, 2.45) is 4.99 Å². The molecule has 0 saturated heterocycles. The second-order valence-corrected chi connectivity index (χ2v) is 6.54. The lowest BCUT2D eigenvalue weighted by molar-refractivity contribution is -0.120. The molecule has 0 radical (unpaired) electrons. The summed E-state index contributed by atoms with van der Waals surface area (Å²) in [5.74, 6) is 1.33. The lowest BCUT2D eigenvalue weighted by Gasteiger charge is -2.20. The highest BCUT2D eigenvalue weighted by molar-refractivity contribution is 5.86. The Morgan fingerprint density at radius 2 is 1.55 bits per heavy atom. The minimum absolute atomic E-state index is 0.127. The van der Waals surface area contributed by atoms with Crippen molar-refractivity contribution in [2.75, 3.05) is 20.1 Å². The fourth-order valence-corrected chi connectivity index (χ4v) is 3.04. The maximum Gasteiger partial charge on any atom is 0.239 e. The molecule has 0 aliphatic carbocycles. The van der Waals surface area contributed by atoms with Crippen LogP contribution >= 0.6 is 0 Å². The molecule has 1 amide bonds. The molecule has 1 heterocycles. The van der Waals surface area contributed by atoms with Crippen LogP contribution in [-0.4, -0.2) is 32.0 Å². The van der Waals surface area contributed by atoms with E-state index in [-0.39, 0.29) is 18.4 Å². The first-order chi connectivity index (χ1) is 14.3. The fraction of sp³-hybridized carbons (Fsp3) is 0.217. The van der Waals surface area contributed by atoms with Gasteiger partial charge in [-0.15, -0.1) is 0 Å². The molecule has 0 fully saturated rings. The Kier molecular flexibility index (Phi) is 7.46. The summed E-state index contributed by atoms with van der Waals surface area (Å²) in [5.41, 5.74) is 2.44. The third kappa shape index (κ3) is 6.24. The lowest BCUT2D eigenvalue weighted by atomic mass is 9.91. The number of nitrogens with one attached hydrogen (secondary N) is 3. The molecule has 0 aliphatic rings. The van der Waals surface area contributed by atoms with Gasteiger partial charge in [0.25, 0.3) is 0 Å². The molecule has 0 aliphatic heterocycles. The van der Waals surface area contributed by atoms with Gasteiger partial charge in [0.05, 0.1) is 19.4 Å². The molecule has 6 nitrogen and oxygen atoms in total. The molecule has 0 spiro atoms. The van der Waals surface area contributed by atoms with E-state index in [9.17, 15) is 4.79 Å². The van der Waals surface area contributed by atoms with Crippen LogP contribution in [0.15, 0.2) is 88.5 Å². The molecule has 29 heavy (non-hydrogen) atoms. The van der Waals surface area contributed by atoms with E-state index in [1.54, 1.807) is 19.4 Å². The van der Waals surface area contributed by atoms with Gasteiger partial charge in [0.15, 0.2) is 5.96 Å². The highest BCUT2D eigenvalue weighted by Gasteiger charge is 2.14. The summed E-state index contributed by atoms with van der Waals surface area (Å²) < 4.78 is 5.21. The predicted molar refractivity (Wildman–Crippen MR) is 115 cm³/mol. The van der Waals surface area contributed by atoms with Crippen LogP contribution in [0, 0.1) is 0 Å². The quantitative estimate of drug-likeness (QED) is 0.408. The van der Waals surface area contributed by atoms with E-state index in [0.717, 1.165) is 5.76 Å². The van der Waals surface area contributed by atoms with Gasteiger partial charge < -0.3 is 20.4 Å². The van der Waals surface area contributed by atoms with E-state index in [4.69, 9.17) is 4.42 Å². The summed E-state index contributed by atoms with van der Waals surface area (Å²) in [6.45, 7) is 1.15. The molecular formula is C23H26N4O2. The SMILES string of the molecule is CN=C(NCC(=O)NCc1ccco1)NCC(c1ccccc1)c1ccccc1. The highest BCUT2D eigenvalue weighted by atomic mass is 16.3. The largest absolute Gasteiger partial charge is 0.467 e. The van der Waals surface area contributed by atoms with E-state index < -0.39 is 0 Å². The van der Waals surface area contributed by atoms with Crippen LogP contribution in [0.5, 0.6) is 0 Å². The Labute approximate surface area is 171 Å². The number of benzene rings is 2. The number of carbonyl (C=O) groups excluding carboxylic acids is 1. The maximum absolute atomic E-state index is 12.0. The summed E-state index contributed by atoms with van der Waals surface area (Å²) >= 11 is 0. The lowest BCUT2D eigenvalue weighted by Crippen LogP contribution is -2.44. The van der Waals surface area contributed by atoms with Crippen molar-refractivity contribution >= 4 is 11.9 Å². The third-order valence-corrected chi connectivity index (χ3v) is 4.56. The van der Waals surface area contributed by atoms with E-state index in [2.05, 4.69) is 45.2 Å². The highest BCUT2D eigenvalue weighted by Crippen LogP contribution is 2.23. The van der Waals surface area contributed by atoms with Crippen LogP contribution in [0.4, 0.5) is 0 Å². The monoisotopic (exact) mass is 390 g/mol. The van der Waals surface area contributed by atoms with Crippen LogP contribution in [0.2, 0.25) is 0 Å². The Morgan fingerprint density at radius 3 is 2.10 bits per heavy atom. The van der Waals surface area contributed by atoms with Crippen LogP contribution in [0.25, 0.3) is 0 Å². The molecule has 0 atom stereocenters. The summed E-state index contributed by atoms with van der Waals surface area (Å²) in [6, 6.07) is 24.3. The summed E-state index contributed by atoms with van der Waals surface area (Å²) in [5, 5.41) is 9.19. The van der Waals surface area contributed by atoms with Crippen molar-refractivity contribution in [1.82, 2.24) is 16.0 Å². The predicted octanol–water partition coefficient (Wildman–Crippen LogP) is 2.89. The van der Waals surface area contributed by atoms with Gasteiger partial charge in [-0.25, -0.2) is 0 Å². The third-order valence-electron chi connectivity index (χ3n) is 4.56. The van der Waals surface area contributed by atoms with Crippen molar-refractivity contribution in [3.63, 3.8) is 0 Å². The minimum atomic E-state index is -0.132. The summed E-state index contributed by atoms with van der Waals surface area (Å²) in [6.07, 6.45) is 1.58. The van der Waals surface area contributed by atoms with E-state index in [0.29, 0.717) is 19.0 Å². The zero-order valence-electron chi connectivity index (χ0n) is 16.5. The van der Waals surface area contributed by atoms with Crippen molar-refractivity contribution < 1.29 is 9.21 Å². The average Bonchev–Trinajstić information content (AvgIpc) is 3.30. The van der Waals surface area contributed by atoms with Gasteiger partial charge >= 0.3 is 0 Å². The van der Waals surface area contributed by atoms with E-state index >= 15 is 0 Å². The molecule has 3 rings (SSSR count). The summed E-state index contributed by atoms with van der Waals surface area (Å²) in [4.78, 5) is 16.3. The Bertz CT molecular complexity index is 854. The number of hydrogen-bond acceptors (Lipinski definition) is 3. The Morgan fingerprint density at radius 1 is 0.897 bits per heavy atom. The van der Waals surface area contributed by atoms with Crippen LogP contribution in [0.3, 0.4) is 0 Å². The van der Waals surface area contributed by atoms with Crippen LogP contribution in [-0.2, 0) is 11.3 Å². The Hall–Kier alpha value is -3.54. The topological polar surface area (TPSA) is 78.7 Å². The van der Waals surface area contributed by atoms with Gasteiger partial charge in [-0.05, 0) is 23.3 Å². The zero-order valence-corrected chi connectivity index (χ0v) is 16.5. The number of hydrogen-bond donors (Lipinski definition) is 3. The number of carbonyl (C=O) groups is 1. The number of nitrogens with zero attached hydrogens (tertiary/aromatic N) is 1. The molecule has 1 aromatic heterocycles. The number of furan rings is 1. The number of amides is 1. The van der Waals surface area contributed by atoms with Crippen molar-refractivity contribution in [2.45, 2.75) is 12.5 Å². The molecule has 6 heteroatoms. The maximum atomic E-state index is 12.0. The van der Waals surface area contributed by atoms with Crippen molar-refractivity contribution in [3.8, 4) is 0 Å². The van der Waals surface area contributed by atoms with E-state index in [1.807, 2.05) is 42.5 Å². The first kappa shape index (κ1) is 20.2. The number of aliphatic imine (C=N–C) groups is 1. The molecular weight excluding hydrogens is 364 g/mol. The van der Waals surface area contributed by atoms with Gasteiger partial charge in [0, 0.05) is 19.5 Å². The first-order valence-electron chi connectivity index (χ1n) is 9.59. The fourth-order valence-electron chi connectivity index (χ4n) is 3.04. The first-order valence-corrected chi connectivity index (χ1v) is 9.59. The number of guanidine groups is 1. The minimum Gasteiger partial charge on any atom is -0.467 e. The van der Waals surface area contributed by atoms with Gasteiger partial charge in [0.2, 0.25) is 5.91 Å². The molecule has 3 N–H and O–H groups in total. The molecule has 0 bridgehead atoms. The molecule has 0 unspecified atom stereocenters. The zero-order chi connectivity index (χ0) is 20.3. The van der Waals surface area contributed by atoms with E-state index in [1.165, 1.54) is 11.1 Å². The average molecular weight is 390 g/mol. The molecule has 2 aromatic carbocycles. The Balaban J connectivity index is 1.54. The smallest absolute Gasteiger partial charge is 0.239 e. The molecule has 0 saturated carbocycles.